The van der Waals surface area contributed by atoms with E-state index in [0.717, 1.165) is 12.1 Å². The van der Waals surface area contributed by atoms with Crippen LogP contribution in [0.5, 0.6) is 5.88 Å². The van der Waals surface area contributed by atoms with Gasteiger partial charge in [0.1, 0.15) is 11.6 Å². The Morgan fingerprint density at radius 2 is 2.06 bits per heavy atom. The number of aryl methyl sites for hydroxylation is 1. The minimum absolute atomic E-state index is 0.00308. The zero-order chi connectivity index (χ0) is 24.8. The maximum Gasteiger partial charge on any atom is 0.416 e. The van der Waals surface area contributed by atoms with Crippen molar-refractivity contribution in [3.63, 3.8) is 0 Å². The monoisotopic (exact) mass is 469 g/mol. The first-order valence-corrected chi connectivity index (χ1v) is 10.6. The summed E-state index contributed by atoms with van der Waals surface area (Å²) in [5.41, 5.74) is 5.08. The van der Waals surface area contributed by atoms with Crippen LogP contribution in [0.1, 0.15) is 48.2 Å². The summed E-state index contributed by atoms with van der Waals surface area (Å²) in [6, 6.07) is 5.60. The number of H-pyrrole nitrogens is 1. The maximum atomic E-state index is 14.0. The third kappa shape index (κ3) is 3.65. The van der Waals surface area contributed by atoms with Gasteiger partial charge in [-0.05, 0) is 36.6 Å². The van der Waals surface area contributed by atoms with Crippen LogP contribution in [0.25, 0.3) is 0 Å². The smallest absolute Gasteiger partial charge is 0.416 e. The molecule has 1 amide bonds. The number of benzene rings is 1. The zero-order valence-electron chi connectivity index (χ0n) is 18.7. The Balaban J connectivity index is 2.01. The highest BCUT2D eigenvalue weighted by Gasteiger charge is 2.51. The number of rotatable bonds is 2. The van der Waals surface area contributed by atoms with Crippen molar-refractivity contribution in [1.29, 1.82) is 5.26 Å². The van der Waals surface area contributed by atoms with Gasteiger partial charge in [0.25, 0.3) is 0 Å². The fourth-order valence-electron chi connectivity index (χ4n) is 4.76. The number of aromatic nitrogens is 2. The lowest BCUT2D eigenvalue weighted by atomic mass is 9.61. The molecule has 2 atom stereocenters. The SMILES string of the molecule is Cc1n[nH]c2c1C(c1cc(C#CC3CNC(=O)C3)cc(C(F)(F)F)c1)(C(C)C)C(C#N)=C(N)O2. The number of halogens is 3. The van der Waals surface area contributed by atoms with Gasteiger partial charge in [0.15, 0.2) is 0 Å². The normalized spacial score (nSPS) is 21.9. The molecule has 7 nitrogen and oxygen atoms in total. The summed E-state index contributed by atoms with van der Waals surface area (Å²) < 4.78 is 47.4. The van der Waals surface area contributed by atoms with E-state index in [0.29, 0.717) is 17.8 Å². The molecule has 2 aliphatic heterocycles. The summed E-state index contributed by atoms with van der Waals surface area (Å²) in [5, 5.41) is 19.6. The number of ether oxygens (including phenoxy) is 1. The quantitative estimate of drug-likeness (QED) is 0.584. The van der Waals surface area contributed by atoms with Gasteiger partial charge in [-0.25, -0.2) is 5.10 Å². The fraction of sp³-hybridized carbons (Fsp3) is 0.375. The van der Waals surface area contributed by atoms with E-state index in [9.17, 15) is 23.2 Å². The summed E-state index contributed by atoms with van der Waals surface area (Å²) >= 11 is 0. The summed E-state index contributed by atoms with van der Waals surface area (Å²) in [5.74, 6) is 4.84. The molecular formula is C24H22F3N5O2. The van der Waals surface area contributed by atoms with Gasteiger partial charge in [-0.3, -0.25) is 4.79 Å². The molecule has 0 radical (unpaired) electrons. The molecule has 0 saturated carbocycles. The highest BCUT2D eigenvalue weighted by Crippen LogP contribution is 2.53. The fourth-order valence-corrected chi connectivity index (χ4v) is 4.76. The van der Waals surface area contributed by atoms with Crippen LogP contribution in [0.15, 0.2) is 29.7 Å². The van der Waals surface area contributed by atoms with Crippen molar-refractivity contribution >= 4 is 5.91 Å². The number of carbonyl (C=O) groups excluding carboxylic acids is 1. The molecule has 1 saturated heterocycles. The van der Waals surface area contributed by atoms with Crippen LogP contribution >= 0.6 is 0 Å². The van der Waals surface area contributed by atoms with Gasteiger partial charge < -0.3 is 15.8 Å². The molecule has 1 aromatic carbocycles. The van der Waals surface area contributed by atoms with E-state index in [1.54, 1.807) is 26.8 Å². The van der Waals surface area contributed by atoms with Crippen molar-refractivity contribution < 1.29 is 22.7 Å². The highest BCUT2D eigenvalue weighted by atomic mass is 19.4. The van der Waals surface area contributed by atoms with E-state index in [1.165, 1.54) is 0 Å². The van der Waals surface area contributed by atoms with Gasteiger partial charge in [-0.2, -0.15) is 23.5 Å². The second kappa shape index (κ2) is 8.14. The number of aromatic amines is 1. The Bertz CT molecular complexity index is 1310. The van der Waals surface area contributed by atoms with E-state index in [1.807, 2.05) is 0 Å². The zero-order valence-corrected chi connectivity index (χ0v) is 18.7. The lowest BCUT2D eigenvalue weighted by Crippen LogP contribution is -2.41. The minimum atomic E-state index is -4.66. The Hall–Kier alpha value is -3.92. The summed E-state index contributed by atoms with van der Waals surface area (Å²) in [6.07, 6.45) is -4.46. The summed E-state index contributed by atoms with van der Waals surface area (Å²) in [4.78, 5) is 11.5. The number of nitrogens with zero attached hydrogens (tertiary/aromatic N) is 2. The van der Waals surface area contributed by atoms with Gasteiger partial charge in [0.05, 0.1) is 22.2 Å². The largest absolute Gasteiger partial charge is 0.422 e. The van der Waals surface area contributed by atoms with E-state index < -0.39 is 23.1 Å². The third-order valence-electron chi connectivity index (χ3n) is 6.25. The number of nitrogens with one attached hydrogen (secondary N) is 2. The predicted octanol–water partition coefficient (Wildman–Crippen LogP) is 3.25. The molecular weight excluding hydrogens is 447 g/mol. The average Bonchev–Trinajstić information content (AvgIpc) is 3.35. The first kappa shape index (κ1) is 23.2. The molecule has 2 aromatic rings. The van der Waals surface area contributed by atoms with Crippen molar-refractivity contribution in [2.75, 3.05) is 6.54 Å². The van der Waals surface area contributed by atoms with Crippen LogP contribution in [0, 0.1) is 41.9 Å². The van der Waals surface area contributed by atoms with E-state index in [-0.39, 0.29) is 46.7 Å². The van der Waals surface area contributed by atoms with Crippen LogP contribution in [0.2, 0.25) is 0 Å². The molecule has 0 spiro atoms. The van der Waals surface area contributed by atoms with Crippen molar-refractivity contribution in [3.8, 4) is 23.8 Å². The highest BCUT2D eigenvalue weighted by molar-refractivity contribution is 5.79. The van der Waals surface area contributed by atoms with E-state index in [2.05, 4.69) is 33.4 Å². The van der Waals surface area contributed by atoms with Crippen molar-refractivity contribution in [2.24, 2.45) is 17.6 Å². The van der Waals surface area contributed by atoms with Gasteiger partial charge in [0.2, 0.25) is 17.7 Å². The third-order valence-corrected chi connectivity index (χ3v) is 6.25. The number of alkyl halides is 3. The molecule has 0 aliphatic carbocycles. The molecule has 2 aliphatic rings. The molecule has 10 heteroatoms. The van der Waals surface area contributed by atoms with Crippen molar-refractivity contribution in [2.45, 2.75) is 38.8 Å². The standard InChI is InChI=1S/C24H22F3N5O2/c1-12(2)23(18(10-28)21(29)34-22-20(23)13(3)31-32-22)16-6-14(7-17(9-16)24(25,26)27)4-5-15-8-19(33)30-11-15/h6-7,9,12,15H,8,11,29H2,1-3H3,(H,30,33)(H,31,32). The number of hydrogen-bond acceptors (Lipinski definition) is 5. The molecule has 1 aromatic heterocycles. The second-order valence-corrected chi connectivity index (χ2v) is 8.70. The van der Waals surface area contributed by atoms with Crippen LogP contribution in [0.4, 0.5) is 13.2 Å². The molecule has 0 bridgehead atoms. The van der Waals surface area contributed by atoms with Gasteiger partial charge in [0, 0.05) is 24.4 Å². The van der Waals surface area contributed by atoms with Crippen LogP contribution < -0.4 is 15.8 Å². The number of allylic oxidation sites excluding steroid dienone is 1. The van der Waals surface area contributed by atoms with Crippen LogP contribution in [0.3, 0.4) is 0 Å². The molecule has 34 heavy (non-hydrogen) atoms. The topological polar surface area (TPSA) is 117 Å². The lowest BCUT2D eigenvalue weighted by Gasteiger charge is -2.41. The van der Waals surface area contributed by atoms with E-state index >= 15 is 0 Å². The van der Waals surface area contributed by atoms with Gasteiger partial charge >= 0.3 is 6.18 Å². The Labute approximate surface area is 194 Å². The second-order valence-electron chi connectivity index (χ2n) is 8.70. The summed E-state index contributed by atoms with van der Waals surface area (Å²) in [6.45, 7) is 5.63. The molecule has 4 rings (SSSR count). The summed E-state index contributed by atoms with van der Waals surface area (Å²) in [7, 11) is 0. The van der Waals surface area contributed by atoms with Gasteiger partial charge in [-0.1, -0.05) is 25.7 Å². The van der Waals surface area contributed by atoms with Crippen LogP contribution in [-0.2, 0) is 16.4 Å². The predicted molar refractivity (Wildman–Crippen MR) is 116 cm³/mol. The minimum Gasteiger partial charge on any atom is -0.422 e. The molecule has 176 valence electrons. The van der Waals surface area contributed by atoms with Crippen LogP contribution in [-0.4, -0.2) is 22.6 Å². The number of fused-ring (bicyclic) bond motifs is 1. The molecule has 2 unspecified atom stereocenters. The molecule has 4 N–H and O–H groups in total. The molecule has 3 heterocycles. The number of nitriles is 1. The average molecular weight is 469 g/mol. The number of nitrogens with two attached hydrogens (primary N) is 1. The first-order chi connectivity index (χ1) is 16.0. The first-order valence-electron chi connectivity index (χ1n) is 10.6. The Kier molecular flexibility index (Phi) is 5.56. The number of amides is 1. The van der Waals surface area contributed by atoms with E-state index in [4.69, 9.17) is 10.5 Å². The number of carbonyl (C=O) groups is 1. The van der Waals surface area contributed by atoms with Crippen molar-refractivity contribution in [3.05, 3.63) is 57.6 Å². The maximum absolute atomic E-state index is 14.0. The lowest BCUT2D eigenvalue weighted by molar-refractivity contribution is -0.137. The van der Waals surface area contributed by atoms with Crippen molar-refractivity contribution in [1.82, 2.24) is 15.5 Å². The Morgan fingerprint density at radius 1 is 1.32 bits per heavy atom. The molecule has 1 fully saturated rings. The number of hydrogen-bond donors (Lipinski definition) is 3. The van der Waals surface area contributed by atoms with Gasteiger partial charge in [-0.15, -0.1) is 0 Å². The Morgan fingerprint density at radius 3 is 2.65 bits per heavy atom.